The third-order valence-electron chi connectivity index (χ3n) is 3.39. The Bertz CT molecular complexity index is 202. The lowest BCUT2D eigenvalue weighted by molar-refractivity contribution is -0.141. The molecule has 0 spiro atoms. The smallest absolute Gasteiger partial charge is 0.225 e. The molecule has 0 radical (unpaired) electrons. The summed E-state index contributed by atoms with van der Waals surface area (Å²) in [5.41, 5.74) is 0. The van der Waals surface area contributed by atoms with Crippen LogP contribution in [0.3, 0.4) is 0 Å². The Kier molecular flexibility index (Phi) is 3.97. The summed E-state index contributed by atoms with van der Waals surface area (Å²) in [4.78, 5) is 13.9. The van der Waals surface area contributed by atoms with Gasteiger partial charge in [0.15, 0.2) is 0 Å². The summed E-state index contributed by atoms with van der Waals surface area (Å²) in [7, 11) is 0. The number of carbonyl (C=O) groups is 1. The first kappa shape index (κ1) is 11.5. The first-order valence-electron chi connectivity index (χ1n) is 6.02. The molecule has 1 amide bonds. The fourth-order valence-electron chi connectivity index (χ4n) is 2.57. The molecule has 0 aromatic rings. The highest BCUT2D eigenvalue weighted by atomic mass is 16.2. The number of hydrogen-bond donors (Lipinski definition) is 0. The van der Waals surface area contributed by atoms with E-state index in [1.54, 1.807) is 0 Å². The second kappa shape index (κ2) is 4.81. The summed E-state index contributed by atoms with van der Waals surface area (Å²) in [6.07, 6.45) is 4.78. The fraction of sp³-hybridized carbons (Fsp3) is 0.917. The van der Waals surface area contributed by atoms with Crippen LogP contribution in [-0.4, -0.2) is 22.9 Å². The standard InChI is InChI=1S/C10H17NO.C2H6/c1-7-3-5-9-6-4-8(2)11(9)10(7)12;1-2/h7-9H,3-6H2,1-2H3;1-2H3. The Morgan fingerprint density at radius 3 is 2.29 bits per heavy atom. The van der Waals surface area contributed by atoms with E-state index in [1.165, 1.54) is 19.3 Å². The molecule has 0 aliphatic carbocycles. The molecular weight excluding hydrogens is 174 g/mol. The van der Waals surface area contributed by atoms with E-state index in [-0.39, 0.29) is 5.92 Å². The van der Waals surface area contributed by atoms with Crippen molar-refractivity contribution in [1.29, 1.82) is 0 Å². The minimum absolute atomic E-state index is 0.279. The lowest BCUT2D eigenvalue weighted by atomic mass is 9.94. The number of rotatable bonds is 0. The molecule has 0 N–H and O–H groups in total. The van der Waals surface area contributed by atoms with Crippen LogP contribution in [0.15, 0.2) is 0 Å². The van der Waals surface area contributed by atoms with E-state index in [0.29, 0.717) is 18.0 Å². The maximum Gasteiger partial charge on any atom is 0.225 e. The van der Waals surface area contributed by atoms with Crippen LogP contribution in [0.5, 0.6) is 0 Å². The van der Waals surface area contributed by atoms with Crippen molar-refractivity contribution >= 4 is 5.91 Å². The topological polar surface area (TPSA) is 20.3 Å². The van der Waals surface area contributed by atoms with Crippen LogP contribution in [0.4, 0.5) is 0 Å². The van der Waals surface area contributed by atoms with E-state index >= 15 is 0 Å². The van der Waals surface area contributed by atoms with E-state index in [4.69, 9.17) is 0 Å². The van der Waals surface area contributed by atoms with Crippen molar-refractivity contribution < 1.29 is 4.79 Å². The normalized spacial score (nSPS) is 36.1. The second-order valence-electron chi connectivity index (χ2n) is 4.30. The quantitative estimate of drug-likeness (QED) is 0.585. The molecule has 3 unspecified atom stereocenters. The van der Waals surface area contributed by atoms with Crippen LogP contribution < -0.4 is 0 Å². The van der Waals surface area contributed by atoms with Crippen LogP contribution in [0, 0.1) is 5.92 Å². The lowest BCUT2D eigenvalue weighted by Crippen LogP contribution is -2.46. The minimum atomic E-state index is 0.279. The summed E-state index contributed by atoms with van der Waals surface area (Å²) < 4.78 is 0. The van der Waals surface area contributed by atoms with E-state index < -0.39 is 0 Å². The Labute approximate surface area is 87.7 Å². The molecule has 0 saturated carbocycles. The van der Waals surface area contributed by atoms with Gasteiger partial charge in [0.1, 0.15) is 0 Å². The molecule has 2 rings (SSSR count). The molecule has 2 fully saturated rings. The Balaban J connectivity index is 0.000000461. The van der Waals surface area contributed by atoms with Crippen molar-refractivity contribution in [3.05, 3.63) is 0 Å². The number of nitrogens with zero attached hydrogens (tertiary/aromatic N) is 1. The average Bonchev–Trinajstić information content (AvgIpc) is 2.58. The van der Waals surface area contributed by atoms with Crippen molar-refractivity contribution in [1.82, 2.24) is 4.90 Å². The van der Waals surface area contributed by atoms with Gasteiger partial charge in [0.05, 0.1) is 0 Å². The van der Waals surface area contributed by atoms with E-state index in [2.05, 4.69) is 18.7 Å². The van der Waals surface area contributed by atoms with Crippen LogP contribution in [0.2, 0.25) is 0 Å². The minimum Gasteiger partial charge on any atom is -0.337 e. The number of carbonyl (C=O) groups excluding carboxylic acids is 1. The third-order valence-corrected chi connectivity index (χ3v) is 3.39. The summed E-state index contributed by atoms with van der Waals surface area (Å²) in [5, 5.41) is 0. The molecule has 2 heteroatoms. The number of amides is 1. The summed E-state index contributed by atoms with van der Waals surface area (Å²) in [6.45, 7) is 8.24. The van der Waals surface area contributed by atoms with Crippen LogP contribution in [0.1, 0.15) is 53.4 Å². The SMILES string of the molecule is CC.CC1CCC2CCC(C)N2C1=O. The highest BCUT2D eigenvalue weighted by molar-refractivity contribution is 5.80. The third kappa shape index (κ3) is 1.94. The van der Waals surface area contributed by atoms with Crippen LogP contribution in [0.25, 0.3) is 0 Å². The van der Waals surface area contributed by atoms with Gasteiger partial charge in [0.2, 0.25) is 5.91 Å². The zero-order valence-electron chi connectivity index (χ0n) is 9.92. The summed E-state index contributed by atoms with van der Waals surface area (Å²) in [6, 6.07) is 1.09. The van der Waals surface area contributed by atoms with Gasteiger partial charge in [-0.2, -0.15) is 0 Å². The van der Waals surface area contributed by atoms with Gasteiger partial charge in [-0.05, 0) is 32.6 Å². The van der Waals surface area contributed by atoms with Crippen molar-refractivity contribution in [3.63, 3.8) is 0 Å². The van der Waals surface area contributed by atoms with E-state index in [1.807, 2.05) is 13.8 Å². The first-order chi connectivity index (χ1) is 6.70. The van der Waals surface area contributed by atoms with Crippen molar-refractivity contribution in [3.8, 4) is 0 Å². The molecule has 2 aliphatic rings. The van der Waals surface area contributed by atoms with Gasteiger partial charge in [0.25, 0.3) is 0 Å². The molecule has 2 nitrogen and oxygen atoms in total. The highest BCUT2D eigenvalue weighted by Crippen LogP contribution is 2.34. The predicted molar refractivity (Wildman–Crippen MR) is 59.1 cm³/mol. The van der Waals surface area contributed by atoms with Crippen molar-refractivity contribution in [2.24, 2.45) is 5.92 Å². The Morgan fingerprint density at radius 1 is 1.07 bits per heavy atom. The Morgan fingerprint density at radius 2 is 1.64 bits per heavy atom. The lowest BCUT2D eigenvalue weighted by Gasteiger charge is -2.35. The molecule has 14 heavy (non-hydrogen) atoms. The first-order valence-corrected chi connectivity index (χ1v) is 6.02. The van der Waals surface area contributed by atoms with Gasteiger partial charge in [-0.15, -0.1) is 0 Å². The Hall–Kier alpha value is -0.530. The molecular formula is C12H23NO. The zero-order chi connectivity index (χ0) is 10.7. The van der Waals surface area contributed by atoms with Crippen molar-refractivity contribution in [2.45, 2.75) is 65.5 Å². The molecule has 0 bridgehead atoms. The summed E-state index contributed by atoms with van der Waals surface area (Å²) in [5.74, 6) is 0.679. The van der Waals surface area contributed by atoms with Gasteiger partial charge in [0, 0.05) is 18.0 Å². The molecule has 2 heterocycles. The van der Waals surface area contributed by atoms with E-state index in [9.17, 15) is 4.79 Å². The number of fused-ring (bicyclic) bond motifs is 1. The second-order valence-corrected chi connectivity index (χ2v) is 4.30. The van der Waals surface area contributed by atoms with Gasteiger partial charge in [-0.3, -0.25) is 4.79 Å². The predicted octanol–water partition coefficient (Wildman–Crippen LogP) is 2.82. The number of hydrogen-bond acceptors (Lipinski definition) is 1. The summed E-state index contributed by atoms with van der Waals surface area (Å²) >= 11 is 0. The number of piperidine rings is 1. The van der Waals surface area contributed by atoms with Gasteiger partial charge < -0.3 is 4.90 Å². The van der Waals surface area contributed by atoms with Crippen LogP contribution in [-0.2, 0) is 4.79 Å². The highest BCUT2D eigenvalue weighted by Gasteiger charge is 2.39. The monoisotopic (exact) mass is 197 g/mol. The molecule has 3 atom stereocenters. The van der Waals surface area contributed by atoms with Gasteiger partial charge in [-0.1, -0.05) is 20.8 Å². The van der Waals surface area contributed by atoms with Gasteiger partial charge in [-0.25, -0.2) is 0 Å². The van der Waals surface area contributed by atoms with Crippen LogP contribution >= 0.6 is 0 Å². The molecule has 2 aliphatic heterocycles. The maximum absolute atomic E-state index is 11.7. The van der Waals surface area contributed by atoms with Gasteiger partial charge >= 0.3 is 0 Å². The largest absolute Gasteiger partial charge is 0.337 e. The van der Waals surface area contributed by atoms with E-state index in [0.717, 1.165) is 6.42 Å². The fourth-order valence-corrected chi connectivity index (χ4v) is 2.57. The zero-order valence-corrected chi connectivity index (χ0v) is 9.92. The molecule has 2 saturated heterocycles. The molecule has 0 aromatic heterocycles. The maximum atomic E-state index is 11.7. The van der Waals surface area contributed by atoms with Crippen molar-refractivity contribution in [2.75, 3.05) is 0 Å². The average molecular weight is 197 g/mol. The molecule has 0 aromatic carbocycles. The molecule has 82 valence electrons.